The minimum Gasteiger partial charge on any atom is -0.477 e. The molecule has 0 unspecified atom stereocenters. The van der Waals surface area contributed by atoms with E-state index in [0.29, 0.717) is 23.0 Å². The van der Waals surface area contributed by atoms with Crippen LogP contribution < -0.4 is 16.0 Å². The fourth-order valence-corrected chi connectivity index (χ4v) is 5.27. The highest BCUT2D eigenvalue weighted by Gasteiger charge is 2.33. The molecule has 0 radical (unpaired) electrons. The summed E-state index contributed by atoms with van der Waals surface area (Å²) in [6.45, 7) is 6.49. The normalized spacial score (nSPS) is 14.9. The largest absolute Gasteiger partial charge is 0.477 e. The van der Waals surface area contributed by atoms with Crippen LogP contribution in [0.5, 0.6) is 0 Å². The molecule has 1 aromatic heterocycles. The van der Waals surface area contributed by atoms with E-state index in [2.05, 4.69) is 29.8 Å². The van der Waals surface area contributed by atoms with Crippen LogP contribution >= 0.6 is 0 Å². The van der Waals surface area contributed by atoms with E-state index in [1.807, 2.05) is 49.4 Å². The molecule has 2 aromatic carbocycles. The van der Waals surface area contributed by atoms with Crippen LogP contribution in [-0.4, -0.2) is 27.2 Å². The van der Waals surface area contributed by atoms with E-state index in [0.717, 1.165) is 30.5 Å². The molecular formula is C29H36N4O3. The number of carbonyl (C=O) groups is 2. The molecule has 1 heterocycles. The number of amides is 2. The van der Waals surface area contributed by atoms with Crippen LogP contribution in [0.3, 0.4) is 0 Å². The van der Waals surface area contributed by atoms with Crippen molar-refractivity contribution in [3.8, 4) is 5.69 Å². The zero-order chi connectivity index (χ0) is 25.7. The van der Waals surface area contributed by atoms with E-state index < -0.39 is 5.97 Å². The van der Waals surface area contributed by atoms with E-state index in [1.54, 1.807) is 22.9 Å². The van der Waals surface area contributed by atoms with Crippen LogP contribution in [0.4, 0.5) is 21.9 Å². The Morgan fingerprint density at radius 2 is 1.69 bits per heavy atom. The van der Waals surface area contributed by atoms with Crippen LogP contribution in [0.25, 0.3) is 5.69 Å². The van der Waals surface area contributed by atoms with Gasteiger partial charge in [-0.15, -0.1) is 0 Å². The van der Waals surface area contributed by atoms with Crippen molar-refractivity contribution in [3.05, 3.63) is 72.1 Å². The SMILES string of the molecule is Cc1ccc(NC(=O)Nc2cc(-n3cccc3C(=O)O)ccc2NC2(CC(C)C)CCCCC2)cc1. The number of hydrogen-bond acceptors (Lipinski definition) is 3. The van der Waals surface area contributed by atoms with Crippen LogP contribution in [0, 0.1) is 12.8 Å². The smallest absolute Gasteiger partial charge is 0.352 e. The molecule has 4 rings (SSSR count). The van der Waals surface area contributed by atoms with Gasteiger partial charge in [-0.1, -0.05) is 50.8 Å². The summed E-state index contributed by atoms with van der Waals surface area (Å²) in [6.07, 6.45) is 8.54. The number of carboxylic acids is 1. The number of rotatable bonds is 8. The summed E-state index contributed by atoms with van der Waals surface area (Å²) in [4.78, 5) is 24.7. The molecule has 1 fully saturated rings. The summed E-state index contributed by atoms with van der Waals surface area (Å²) in [5.74, 6) is -0.471. The molecule has 3 aromatic rings. The van der Waals surface area contributed by atoms with Crippen molar-refractivity contribution in [2.45, 2.75) is 64.8 Å². The van der Waals surface area contributed by atoms with Gasteiger partial charge in [0.05, 0.1) is 11.4 Å². The minimum atomic E-state index is -1.01. The number of nitrogens with one attached hydrogen (secondary N) is 3. The van der Waals surface area contributed by atoms with Gasteiger partial charge in [0.2, 0.25) is 0 Å². The molecule has 0 spiro atoms. The van der Waals surface area contributed by atoms with Gasteiger partial charge < -0.3 is 25.6 Å². The van der Waals surface area contributed by atoms with Crippen molar-refractivity contribution in [3.63, 3.8) is 0 Å². The van der Waals surface area contributed by atoms with Gasteiger partial charge in [-0.2, -0.15) is 0 Å². The van der Waals surface area contributed by atoms with Crippen LogP contribution in [-0.2, 0) is 0 Å². The average molecular weight is 489 g/mol. The van der Waals surface area contributed by atoms with E-state index in [-0.39, 0.29) is 17.3 Å². The molecule has 1 aliphatic carbocycles. The third-order valence-corrected chi connectivity index (χ3v) is 6.82. The molecule has 7 heteroatoms. The number of aryl methyl sites for hydroxylation is 1. The molecule has 4 N–H and O–H groups in total. The molecule has 190 valence electrons. The molecule has 0 bridgehead atoms. The Kier molecular flexibility index (Phi) is 7.67. The number of hydrogen-bond donors (Lipinski definition) is 4. The first-order chi connectivity index (χ1) is 17.2. The number of carboxylic acid groups (broad SMARTS) is 1. The van der Waals surface area contributed by atoms with Gasteiger partial charge in [-0.3, -0.25) is 0 Å². The standard InChI is InChI=1S/C29H36N4O3/c1-20(2)19-29(15-5-4-6-16-29)32-24-14-13-23(33-17-7-8-26(33)27(34)35)18-25(24)31-28(36)30-22-11-9-21(3)10-12-22/h7-14,17-18,20,32H,4-6,15-16,19H2,1-3H3,(H,34,35)(H2,30,31,36). The average Bonchev–Trinajstić information content (AvgIpc) is 3.32. The topological polar surface area (TPSA) is 95.4 Å². The summed E-state index contributed by atoms with van der Waals surface area (Å²) in [6, 6.07) is 16.2. The van der Waals surface area contributed by atoms with Gasteiger partial charge in [0.15, 0.2) is 0 Å². The fraction of sp³-hybridized carbons (Fsp3) is 0.379. The molecule has 0 aliphatic heterocycles. The fourth-order valence-electron chi connectivity index (χ4n) is 5.27. The number of aromatic nitrogens is 1. The molecule has 36 heavy (non-hydrogen) atoms. The second-order valence-electron chi connectivity index (χ2n) is 10.3. The molecule has 0 saturated heterocycles. The maximum atomic E-state index is 13.0. The number of nitrogens with zero attached hydrogens (tertiary/aromatic N) is 1. The lowest BCUT2D eigenvalue weighted by Gasteiger charge is -2.41. The van der Waals surface area contributed by atoms with Crippen molar-refractivity contribution < 1.29 is 14.7 Å². The van der Waals surface area contributed by atoms with Crippen LogP contribution in [0.15, 0.2) is 60.8 Å². The maximum absolute atomic E-state index is 13.0. The zero-order valence-corrected chi connectivity index (χ0v) is 21.3. The van der Waals surface area contributed by atoms with Crippen molar-refractivity contribution in [1.29, 1.82) is 0 Å². The summed E-state index contributed by atoms with van der Waals surface area (Å²) >= 11 is 0. The van der Waals surface area contributed by atoms with Gasteiger partial charge in [0, 0.05) is 23.1 Å². The van der Waals surface area contributed by atoms with E-state index >= 15 is 0 Å². The number of carbonyl (C=O) groups excluding carboxylic acids is 1. The monoisotopic (exact) mass is 488 g/mol. The number of aromatic carboxylic acids is 1. The summed E-state index contributed by atoms with van der Waals surface area (Å²) in [5, 5.41) is 19.3. The lowest BCUT2D eigenvalue weighted by molar-refractivity contribution is 0.0688. The Hall–Kier alpha value is -3.74. The Morgan fingerprint density at radius 1 is 0.972 bits per heavy atom. The molecule has 1 aliphatic rings. The predicted molar refractivity (Wildman–Crippen MR) is 145 cm³/mol. The summed E-state index contributed by atoms with van der Waals surface area (Å²) in [7, 11) is 0. The Labute approximate surface area is 212 Å². The number of urea groups is 1. The van der Waals surface area contributed by atoms with Crippen molar-refractivity contribution >= 4 is 29.1 Å². The highest BCUT2D eigenvalue weighted by molar-refractivity contribution is 6.02. The van der Waals surface area contributed by atoms with Gasteiger partial charge >= 0.3 is 12.0 Å². The van der Waals surface area contributed by atoms with E-state index in [1.165, 1.54) is 19.3 Å². The summed E-state index contributed by atoms with van der Waals surface area (Å²) in [5.41, 5.74) is 4.05. The third-order valence-electron chi connectivity index (χ3n) is 6.82. The quantitative estimate of drug-likeness (QED) is 0.268. The van der Waals surface area contributed by atoms with Crippen LogP contribution in [0.2, 0.25) is 0 Å². The van der Waals surface area contributed by atoms with E-state index in [4.69, 9.17) is 0 Å². The van der Waals surface area contributed by atoms with Crippen molar-refractivity contribution in [1.82, 2.24) is 4.57 Å². The first-order valence-electron chi connectivity index (χ1n) is 12.7. The summed E-state index contributed by atoms with van der Waals surface area (Å²) < 4.78 is 1.61. The van der Waals surface area contributed by atoms with Gasteiger partial charge in [-0.25, -0.2) is 9.59 Å². The first-order valence-corrected chi connectivity index (χ1v) is 12.7. The van der Waals surface area contributed by atoms with Gasteiger partial charge in [-0.05, 0) is 74.6 Å². The van der Waals surface area contributed by atoms with Gasteiger partial charge in [0.1, 0.15) is 5.69 Å². The molecule has 7 nitrogen and oxygen atoms in total. The Morgan fingerprint density at radius 3 is 2.36 bits per heavy atom. The maximum Gasteiger partial charge on any atom is 0.352 e. The van der Waals surface area contributed by atoms with Crippen LogP contribution in [0.1, 0.15) is 68.4 Å². The lowest BCUT2D eigenvalue weighted by atomic mass is 9.76. The second-order valence-corrected chi connectivity index (χ2v) is 10.3. The highest BCUT2D eigenvalue weighted by Crippen LogP contribution is 2.39. The minimum absolute atomic E-state index is 0.0303. The molecular weight excluding hydrogens is 452 g/mol. The van der Waals surface area contributed by atoms with Crippen molar-refractivity contribution in [2.24, 2.45) is 5.92 Å². The molecule has 2 amide bonds. The predicted octanol–water partition coefficient (Wildman–Crippen LogP) is 7.29. The Balaban J connectivity index is 1.67. The first kappa shape index (κ1) is 25.4. The zero-order valence-electron chi connectivity index (χ0n) is 21.3. The lowest BCUT2D eigenvalue weighted by Crippen LogP contribution is -2.41. The number of benzene rings is 2. The van der Waals surface area contributed by atoms with Gasteiger partial charge in [0.25, 0.3) is 0 Å². The Bertz CT molecular complexity index is 1210. The van der Waals surface area contributed by atoms with E-state index in [9.17, 15) is 14.7 Å². The highest BCUT2D eigenvalue weighted by atomic mass is 16.4. The number of anilines is 3. The third kappa shape index (κ3) is 6.08. The molecule has 1 saturated carbocycles. The second kappa shape index (κ2) is 10.9. The van der Waals surface area contributed by atoms with Crippen molar-refractivity contribution in [2.75, 3.05) is 16.0 Å². The molecule has 0 atom stereocenters.